The van der Waals surface area contributed by atoms with Gasteiger partial charge in [0, 0.05) is 12.6 Å². The van der Waals surface area contributed by atoms with E-state index in [0.717, 1.165) is 24.4 Å². The minimum Gasteiger partial charge on any atom is -0.388 e. The molecule has 3 atom stereocenters. The van der Waals surface area contributed by atoms with Crippen LogP contribution in [0.4, 0.5) is 0 Å². The highest BCUT2D eigenvalue weighted by Gasteiger charge is 2.25. The van der Waals surface area contributed by atoms with Gasteiger partial charge in [-0.25, -0.2) is 0 Å². The molecule has 1 aromatic rings. The van der Waals surface area contributed by atoms with Crippen molar-refractivity contribution in [3.05, 3.63) is 35.4 Å². The number of aryl methyl sites for hydroxylation is 1. The van der Waals surface area contributed by atoms with Gasteiger partial charge < -0.3 is 10.0 Å². The first-order valence-electron chi connectivity index (χ1n) is 8.03. The fourth-order valence-corrected chi connectivity index (χ4v) is 3.40. The van der Waals surface area contributed by atoms with E-state index >= 15 is 0 Å². The standard InChI is InChI=1S/C18H29NO/c1-14-8-10-16(11-9-14)18(20)12-13-19(3)17-7-5-4-6-15(17)2/h8-11,15,17-18,20H,4-7,12-13H2,1-3H3. The van der Waals surface area contributed by atoms with Crippen molar-refractivity contribution in [1.82, 2.24) is 4.90 Å². The molecule has 0 bridgehead atoms. The molecule has 1 N–H and O–H groups in total. The number of rotatable bonds is 5. The second kappa shape index (κ2) is 7.24. The molecule has 1 saturated carbocycles. The van der Waals surface area contributed by atoms with Crippen LogP contribution in [0, 0.1) is 12.8 Å². The molecule has 2 heteroatoms. The van der Waals surface area contributed by atoms with Crippen LogP contribution in [0.15, 0.2) is 24.3 Å². The maximum atomic E-state index is 10.3. The summed E-state index contributed by atoms with van der Waals surface area (Å²) in [6.45, 7) is 5.43. The van der Waals surface area contributed by atoms with Gasteiger partial charge in [-0.05, 0) is 44.7 Å². The summed E-state index contributed by atoms with van der Waals surface area (Å²) >= 11 is 0. The zero-order chi connectivity index (χ0) is 14.5. The Hall–Kier alpha value is -0.860. The Morgan fingerprint density at radius 2 is 1.85 bits per heavy atom. The summed E-state index contributed by atoms with van der Waals surface area (Å²) in [6.07, 6.45) is 5.91. The Kier molecular flexibility index (Phi) is 5.62. The van der Waals surface area contributed by atoms with Gasteiger partial charge in [-0.3, -0.25) is 0 Å². The molecule has 0 radical (unpaired) electrons. The smallest absolute Gasteiger partial charge is 0.0802 e. The number of benzene rings is 1. The van der Waals surface area contributed by atoms with E-state index in [0.29, 0.717) is 6.04 Å². The molecule has 1 aliphatic rings. The number of aliphatic hydroxyl groups excluding tert-OH is 1. The molecule has 112 valence electrons. The van der Waals surface area contributed by atoms with Crippen molar-refractivity contribution in [3.63, 3.8) is 0 Å². The SMILES string of the molecule is Cc1ccc(C(O)CCN(C)C2CCCCC2C)cc1. The predicted molar refractivity (Wildman–Crippen MR) is 84.8 cm³/mol. The molecule has 2 nitrogen and oxygen atoms in total. The highest BCUT2D eigenvalue weighted by molar-refractivity contribution is 5.23. The van der Waals surface area contributed by atoms with Gasteiger partial charge in [0.15, 0.2) is 0 Å². The molecule has 0 amide bonds. The summed E-state index contributed by atoms with van der Waals surface area (Å²) in [7, 11) is 2.22. The van der Waals surface area contributed by atoms with Crippen molar-refractivity contribution in [2.24, 2.45) is 5.92 Å². The van der Waals surface area contributed by atoms with Crippen LogP contribution in [0.5, 0.6) is 0 Å². The zero-order valence-electron chi connectivity index (χ0n) is 13.2. The summed E-state index contributed by atoms with van der Waals surface area (Å²) in [5.41, 5.74) is 2.29. The van der Waals surface area contributed by atoms with E-state index in [2.05, 4.69) is 37.9 Å². The molecule has 0 spiro atoms. The van der Waals surface area contributed by atoms with Gasteiger partial charge in [0.05, 0.1) is 6.10 Å². The summed E-state index contributed by atoms with van der Waals surface area (Å²) in [6, 6.07) is 8.94. The number of aliphatic hydroxyl groups is 1. The van der Waals surface area contributed by atoms with Crippen molar-refractivity contribution in [2.75, 3.05) is 13.6 Å². The Morgan fingerprint density at radius 1 is 1.20 bits per heavy atom. The molecule has 2 rings (SSSR count). The predicted octanol–water partition coefficient (Wildman–Crippen LogP) is 3.93. The van der Waals surface area contributed by atoms with Crippen LogP contribution >= 0.6 is 0 Å². The van der Waals surface area contributed by atoms with Crippen LogP contribution in [0.1, 0.15) is 56.3 Å². The highest BCUT2D eigenvalue weighted by atomic mass is 16.3. The lowest BCUT2D eigenvalue weighted by Crippen LogP contribution is -2.39. The van der Waals surface area contributed by atoms with Crippen LogP contribution in [-0.4, -0.2) is 29.6 Å². The van der Waals surface area contributed by atoms with Crippen LogP contribution in [0.25, 0.3) is 0 Å². The first kappa shape index (κ1) is 15.5. The highest BCUT2D eigenvalue weighted by Crippen LogP contribution is 2.28. The Bertz CT molecular complexity index is 400. The van der Waals surface area contributed by atoms with Gasteiger partial charge in [0.1, 0.15) is 0 Å². The van der Waals surface area contributed by atoms with Crippen molar-refractivity contribution in [2.45, 2.75) is 58.1 Å². The number of hydrogen-bond donors (Lipinski definition) is 1. The molecule has 1 aromatic carbocycles. The van der Waals surface area contributed by atoms with E-state index in [4.69, 9.17) is 0 Å². The van der Waals surface area contributed by atoms with Crippen molar-refractivity contribution < 1.29 is 5.11 Å². The lowest BCUT2D eigenvalue weighted by molar-refractivity contribution is 0.103. The first-order valence-corrected chi connectivity index (χ1v) is 8.03. The summed E-state index contributed by atoms with van der Waals surface area (Å²) < 4.78 is 0. The third-order valence-corrected chi connectivity index (χ3v) is 4.85. The minimum absolute atomic E-state index is 0.336. The minimum atomic E-state index is -0.336. The fraction of sp³-hybridized carbons (Fsp3) is 0.667. The van der Waals surface area contributed by atoms with Gasteiger partial charge in [-0.2, -0.15) is 0 Å². The largest absolute Gasteiger partial charge is 0.388 e. The van der Waals surface area contributed by atoms with E-state index in [9.17, 15) is 5.11 Å². The quantitative estimate of drug-likeness (QED) is 0.880. The Morgan fingerprint density at radius 3 is 2.50 bits per heavy atom. The molecular formula is C18H29NO. The average molecular weight is 275 g/mol. The second-order valence-corrected chi connectivity index (χ2v) is 6.52. The Labute approximate surface area is 123 Å². The summed E-state index contributed by atoms with van der Waals surface area (Å²) in [4.78, 5) is 2.46. The molecule has 0 saturated heterocycles. The summed E-state index contributed by atoms with van der Waals surface area (Å²) in [5.74, 6) is 0.797. The number of nitrogens with zero attached hydrogens (tertiary/aromatic N) is 1. The second-order valence-electron chi connectivity index (χ2n) is 6.52. The molecule has 1 fully saturated rings. The first-order chi connectivity index (χ1) is 9.58. The van der Waals surface area contributed by atoms with E-state index in [1.807, 2.05) is 12.1 Å². The normalized spacial score (nSPS) is 24.9. The Balaban J connectivity index is 1.83. The van der Waals surface area contributed by atoms with Crippen molar-refractivity contribution in [3.8, 4) is 0 Å². The van der Waals surface area contributed by atoms with E-state index in [1.54, 1.807) is 0 Å². The van der Waals surface area contributed by atoms with E-state index in [1.165, 1.54) is 31.2 Å². The lowest BCUT2D eigenvalue weighted by Gasteiger charge is -2.36. The molecular weight excluding hydrogens is 246 g/mol. The van der Waals surface area contributed by atoms with Gasteiger partial charge >= 0.3 is 0 Å². The fourth-order valence-electron chi connectivity index (χ4n) is 3.40. The molecule has 0 aromatic heterocycles. The van der Waals surface area contributed by atoms with Gasteiger partial charge in [-0.15, -0.1) is 0 Å². The van der Waals surface area contributed by atoms with E-state index < -0.39 is 0 Å². The maximum Gasteiger partial charge on any atom is 0.0802 e. The average Bonchev–Trinajstić information content (AvgIpc) is 2.45. The summed E-state index contributed by atoms with van der Waals surface area (Å²) in [5, 5.41) is 10.3. The van der Waals surface area contributed by atoms with Gasteiger partial charge in [0.2, 0.25) is 0 Å². The monoisotopic (exact) mass is 275 g/mol. The molecule has 0 aliphatic heterocycles. The third-order valence-electron chi connectivity index (χ3n) is 4.85. The topological polar surface area (TPSA) is 23.5 Å². The molecule has 3 unspecified atom stereocenters. The zero-order valence-corrected chi connectivity index (χ0v) is 13.2. The van der Waals surface area contributed by atoms with Crippen LogP contribution in [-0.2, 0) is 0 Å². The molecule has 1 aliphatic carbocycles. The molecule has 20 heavy (non-hydrogen) atoms. The van der Waals surface area contributed by atoms with Gasteiger partial charge in [-0.1, -0.05) is 49.6 Å². The van der Waals surface area contributed by atoms with Crippen molar-refractivity contribution >= 4 is 0 Å². The van der Waals surface area contributed by atoms with Crippen molar-refractivity contribution in [1.29, 1.82) is 0 Å². The van der Waals surface area contributed by atoms with Crippen LogP contribution in [0.3, 0.4) is 0 Å². The van der Waals surface area contributed by atoms with Gasteiger partial charge in [0.25, 0.3) is 0 Å². The maximum absolute atomic E-state index is 10.3. The van der Waals surface area contributed by atoms with Crippen LogP contribution < -0.4 is 0 Å². The molecule has 0 heterocycles. The third kappa shape index (κ3) is 4.07. The lowest BCUT2D eigenvalue weighted by atomic mass is 9.85. The van der Waals surface area contributed by atoms with Crippen LogP contribution in [0.2, 0.25) is 0 Å². The number of hydrogen-bond acceptors (Lipinski definition) is 2. The van der Waals surface area contributed by atoms with E-state index in [-0.39, 0.29) is 6.10 Å².